The fourth-order valence-corrected chi connectivity index (χ4v) is 1.98. The van der Waals surface area contributed by atoms with Gasteiger partial charge in [-0.05, 0) is 27.8 Å². The summed E-state index contributed by atoms with van der Waals surface area (Å²) in [5.74, 6) is 0. The van der Waals surface area contributed by atoms with Crippen LogP contribution in [-0.2, 0) is 19.1 Å². The van der Waals surface area contributed by atoms with Gasteiger partial charge in [-0.2, -0.15) is 5.10 Å². The molecule has 2 heterocycles. The topological polar surface area (TPSA) is 47.7 Å². The van der Waals surface area contributed by atoms with E-state index in [1.54, 1.807) is 0 Å². The second kappa shape index (κ2) is 4.57. The Morgan fingerprint density at radius 2 is 2.06 bits per heavy atom. The lowest BCUT2D eigenvalue weighted by atomic mass is 10.0. The van der Waals surface area contributed by atoms with E-state index in [-0.39, 0.29) is 5.54 Å². The van der Waals surface area contributed by atoms with Crippen molar-refractivity contribution in [3.63, 3.8) is 0 Å². The highest BCUT2D eigenvalue weighted by Gasteiger charge is 2.22. The third kappa shape index (κ3) is 2.18. The number of rotatable bonds is 4. The zero-order valence-electron chi connectivity index (χ0n) is 11.7. The smallest absolute Gasteiger partial charge is 0.0951 e. The van der Waals surface area contributed by atoms with Crippen LogP contribution in [0.2, 0.25) is 0 Å². The molecule has 0 aliphatic rings. The number of aryl methyl sites for hydroxylation is 1. The van der Waals surface area contributed by atoms with Crippen molar-refractivity contribution in [1.29, 1.82) is 0 Å². The molecule has 0 aliphatic heterocycles. The lowest BCUT2D eigenvalue weighted by Gasteiger charge is -2.25. The number of hydrogen-bond donors (Lipinski definition) is 1. The molecule has 2 rings (SSSR count). The van der Waals surface area contributed by atoms with Gasteiger partial charge < -0.3 is 9.88 Å². The summed E-state index contributed by atoms with van der Waals surface area (Å²) < 4.78 is 4.07. The molecule has 18 heavy (non-hydrogen) atoms. The molecule has 0 unspecified atom stereocenters. The lowest BCUT2D eigenvalue weighted by molar-refractivity contribution is 0.413. The van der Waals surface area contributed by atoms with Crippen LogP contribution in [-0.4, -0.2) is 26.4 Å². The summed E-state index contributed by atoms with van der Waals surface area (Å²) >= 11 is 0. The van der Waals surface area contributed by atoms with Crippen LogP contribution in [0, 0.1) is 6.92 Å². The van der Waals surface area contributed by atoms with Crippen molar-refractivity contribution in [2.24, 2.45) is 7.05 Å². The summed E-state index contributed by atoms with van der Waals surface area (Å²) in [7, 11) is 3.93. The first kappa shape index (κ1) is 12.8. The zero-order chi connectivity index (χ0) is 13.3. The molecule has 0 saturated heterocycles. The maximum absolute atomic E-state index is 4.28. The maximum atomic E-state index is 4.28. The van der Waals surface area contributed by atoms with Gasteiger partial charge in [0.1, 0.15) is 0 Å². The molecule has 0 spiro atoms. The van der Waals surface area contributed by atoms with E-state index in [2.05, 4.69) is 40.7 Å². The van der Waals surface area contributed by atoms with Crippen LogP contribution in [0.3, 0.4) is 0 Å². The summed E-state index contributed by atoms with van der Waals surface area (Å²) in [5, 5.41) is 7.58. The predicted molar refractivity (Wildman–Crippen MR) is 71.4 cm³/mol. The molecule has 2 aromatic rings. The zero-order valence-corrected chi connectivity index (χ0v) is 11.7. The molecule has 0 saturated carbocycles. The summed E-state index contributed by atoms with van der Waals surface area (Å²) in [4.78, 5) is 4.26. The van der Waals surface area contributed by atoms with Crippen molar-refractivity contribution in [3.05, 3.63) is 35.7 Å². The van der Waals surface area contributed by atoms with Crippen molar-refractivity contribution >= 4 is 0 Å². The lowest BCUT2D eigenvalue weighted by Crippen LogP contribution is -2.35. The first-order valence-electron chi connectivity index (χ1n) is 6.12. The Labute approximate surface area is 108 Å². The summed E-state index contributed by atoms with van der Waals surface area (Å²) in [6, 6.07) is 0. The molecule has 0 bridgehead atoms. The Morgan fingerprint density at radius 3 is 2.61 bits per heavy atom. The Kier molecular flexibility index (Phi) is 3.26. The van der Waals surface area contributed by atoms with Crippen LogP contribution in [0.1, 0.15) is 30.8 Å². The largest absolute Gasteiger partial charge is 0.328 e. The van der Waals surface area contributed by atoms with Crippen molar-refractivity contribution in [3.8, 4) is 0 Å². The first-order valence-corrected chi connectivity index (χ1v) is 6.12. The van der Waals surface area contributed by atoms with Gasteiger partial charge in [-0.15, -0.1) is 0 Å². The van der Waals surface area contributed by atoms with Crippen molar-refractivity contribution in [2.75, 3.05) is 7.05 Å². The fraction of sp³-hybridized carbons (Fsp3) is 0.538. The summed E-state index contributed by atoms with van der Waals surface area (Å²) in [5.41, 5.74) is 3.50. The van der Waals surface area contributed by atoms with Gasteiger partial charge in [0.05, 0.1) is 36.5 Å². The van der Waals surface area contributed by atoms with Crippen molar-refractivity contribution in [2.45, 2.75) is 32.9 Å². The number of nitrogens with one attached hydrogen (secondary N) is 1. The maximum Gasteiger partial charge on any atom is 0.0951 e. The number of nitrogens with zero attached hydrogens (tertiary/aromatic N) is 4. The molecule has 0 fully saturated rings. The van der Waals surface area contributed by atoms with Gasteiger partial charge in [0, 0.05) is 18.3 Å². The van der Waals surface area contributed by atoms with E-state index in [0.29, 0.717) is 0 Å². The predicted octanol–water partition coefficient (Wildman–Crippen LogP) is 1.43. The molecule has 0 aromatic carbocycles. The van der Waals surface area contributed by atoms with Crippen LogP contribution >= 0.6 is 0 Å². The molecule has 5 heteroatoms. The SMILES string of the molecule is CNC(C)(C)c1cncn1Cc1cnn(C)c1C. The first-order chi connectivity index (χ1) is 8.45. The average Bonchev–Trinajstić information content (AvgIpc) is 2.92. The standard InChI is InChI=1S/C13H21N5/c1-10-11(6-16-17(10)5)8-18-9-15-7-12(18)13(2,3)14-4/h6-7,9,14H,8H2,1-5H3. The molecule has 2 aromatic heterocycles. The highest BCUT2D eigenvalue weighted by molar-refractivity contribution is 5.19. The van der Waals surface area contributed by atoms with E-state index in [4.69, 9.17) is 0 Å². The van der Waals surface area contributed by atoms with Gasteiger partial charge in [0.25, 0.3) is 0 Å². The van der Waals surface area contributed by atoms with Gasteiger partial charge in [0.15, 0.2) is 0 Å². The molecule has 0 amide bonds. The van der Waals surface area contributed by atoms with Crippen LogP contribution in [0.5, 0.6) is 0 Å². The molecule has 5 nitrogen and oxygen atoms in total. The van der Waals surface area contributed by atoms with Crippen LogP contribution in [0.25, 0.3) is 0 Å². The quantitative estimate of drug-likeness (QED) is 0.889. The normalized spacial score (nSPS) is 12.1. The second-order valence-electron chi connectivity index (χ2n) is 5.16. The number of imidazole rings is 1. The summed E-state index contributed by atoms with van der Waals surface area (Å²) in [6.45, 7) is 7.19. The van der Waals surface area contributed by atoms with E-state index >= 15 is 0 Å². The minimum Gasteiger partial charge on any atom is -0.328 e. The molecule has 1 N–H and O–H groups in total. The monoisotopic (exact) mass is 247 g/mol. The molecular formula is C13H21N5. The second-order valence-corrected chi connectivity index (χ2v) is 5.16. The van der Waals surface area contributed by atoms with E-state index in [0.717, 1.165) is 6.54 Å². The van der Waals surface area contributed by atoms with Crippen LogP contribution < -0.4 is 5.32 Å². The highest BCUT2D eigenvalue weighted by Crippen LogP contribution is 2.20. The van der Waals surface area contributed by atoms with E-state index < -0.39 is 0 Å². The van der Waals surface area contributed by atoms with Crippen LogP contribution in [0.4, 0.5) is 0 Å². The Balaban J connectivity index is 2.31. The third-order valence-electron chi connectivity index (χ3n) is 3.66. The van der Waals surface area contributed by atoms with E-state index in [9.17, 15) is 0 Å². The molecule has 98 valence electrons. The Hall–Kier alpha value is -1.62. The van der Waals surface area contributed by atoms with Gasteiger partial charge in [-0.25, -0.2) is 4.98 Å². The van der Waals surface area contributed by atoms with Gasteiger partial charge in [-0.1, -0.05) is 0 Å². The van der Waals surface area contributed by atoms with Crippen molar-refractivity contribution < 1.29 is 0 Å². The number of hydrogen-bond acceptors (Lipinski definition) is 3. The Bertz CT molecular complexity index is 535. The van der Waals surface area contributed by atoms with Crippen molar-refractivity contribution in [1.82, 2.24) is 24.6 Å². The van der Waals surface area contributed by atoms with E-state index in [1.165, 1.54) is 17.0 Å². The minimum atomic E-state index is -0.0907. The van der Waals surface area contributed by atoms with Gasteiger partial charge >= 0.3 is 0 Å². The third-order valence-corrected chi connectivity index (χ3v) is 3.66. The molecular weight excluding hydrogens is 226 g/mol. The Morgan fingerprint density at radius 1 is 1.33 bits per heavy atom. The minimum absolute atomic E-state index is 0.0907. The average molecular weight is 247 g/mol. The summed E-state index contributed by atoms with van der Waals surface area (Å²) in [6.07, 6.45) is 5.72. The van der Waals surface area contributed by atoms with Gasteiger partial charge in [0.2, 0.25) is 0 Å². The molecule has 0 atom stereocenters. The van der Waals surface area contributed by atoms with Crippen LogP contribution in [0.15, 0.2) is 18.7 Å². The highest BCUT2D eigenvalue weighted by atomic mass is 15.3. The van der Waals surface area contributed by atoms with Gasteiger partial charge in [-0.3, -0.25) is 4.68 Å². The molecule has 0 aliphatic carbocycles. The molecule has 0 radical (unpaired) electrons. The van der Waals surface area contributed by atoms with E-state index in [1.807, 2.05) is 37.5 Å². The fourth-order valence-electron chi connectivity index (χ4n) is 1.98. The number of aromatic nitrogens is 4.